The van der Waals surface area contributed by atoms with Gasteiger partial charge >= 0.3 is 0 Å². The molecule has 0 unspecified atom stereocenters. The number of nitrogens with one attached hydrogen (secondary N) is 1. The Bertz CT molecular complexity index is 310. The highest BCUT2D eigenvalue weighted by Gasteiger charge is 2.42. The van der Waals surface area contributed by atoms with Gasteiger partial charge in [0.2, 0.25) is 5.95 Å². The molecule has 2 rings (SSSR count). The van der Waals surface area contributed by atoms with Crippen molar-refractivity contribution in [3.05, 3.63) is 16.9 Å². The van der Waals surface area contributed by atoms with Crippen molar-refractivity contribution in [3.63, 3.8) is 0 Å². The third-order valence-electron chi connectivity index (χ3n) is 2.44. The summed E-state index contributed by atoms with van der Waals surface area (Å²) in [4.78, 5) is 8.27. The molecule has 1 heterocycles. The summed E-state index contributed by atoms with van der Waals surface area (Å²) in [6.45, 7) is 0.212. The molecule has 0 bridgehead atoms. The van der Waals surface area contributed by atoms with Crippen molar-refractivity contribution >= 4 is 21.9 Å². The van der Waals surface area contributed by atoms with Gasteiger partial charge in [0.25, 0.3) is 0 Å². The van der Waals surface area contributed by atoms with E-state index >= 15 is 0 Å². The maximum absolute atomic E-state index is 8.88. The summed E-state index contributed by atoms with van der Waals surface area (Å²) in [5.74, 6) is 0.638. The summed E-state index contributed by atoms with van der Waals surface area (Å²) in [7, 11) is 0. The van der Waals surface area contributed by atoms with E-state index in [1.165, 1.54) is 0 Å². The smallest absolute Gasteiger partial charge is 0.223 e. The lowest BCUT2D eigenvalue weighted by molar-refractivity contribution is 0.275. The van der Waals surface area contributed by atoms with Crippen molar-refractivity contribution in [2.24, 2.45) is 0 Å². The standard InChI is InChI=1S/C9H12BrN3O/c10-7-5-11-8(12-6-7)13-9(1-2-9)3-4-14/h5-6,14H,1-4H2,(H,11,12,13). The van der Waals surface area contributed by atoms with Crippen molar-refractivity contribution in [2.75, 3.05) is 11.9 Å². The Labute approximate surface area is 90.9 Å². The van der Waals surface area contributed by atoms with Crippen LogP contribution in [0, 0.1) is 0 Å². The van der Waals surface area contributed by atoms with Crippen molar-refractivity contribution in [2.45, 2.75) is 24.8 Å². The lowest BCUT2D eigenvalue weighted by atomic mass is 10.2. The minimum atomic E-state index is 0.0581. The van der Waals surface area contributed by atoms with Gasteiger partial charge in [-0.25, -0.2) is 9.97 Å². The Morgan fingerprint density at radius 3 is 2.57 bits per heavy atom. The second-order valence-corrected chi connectivity index (χ2v) is 4.52. The van der Waals surface area contributed by atoms with Gasteiger partial charge in [0.15, 0.2) is 0 Å². The summed E-state index contributed by atoms with van der Waals surface area (Å²) in [6.07, 6.45) is 6.38. The van der Waals surface area contributed by atoms with Gasteiger partial charge in [-0.3, -0.25) is 0 Å². The summed E-state index contributed by atoms with van der Waals surface area (Å²) >= 11 is 3.28. The van der Waals surface area contributed by atoms with Gasteiger partial charge in [0, 0.05) is 24.5 Å². The Balaban J connectivity index is 2.00. The second-order valence-electron chi connectivity index (χ2n) is 3.60. The Hall–Kier alpha value is -0.680. The number of anilines is 1. The Morgan fingerprint density at radius 2 is 2.07 bits per heavy atom. The zero-order valence-electron chi connectivity index (χ0n) is 7.70. The lowest BCUT2D eigenvalue weighted by Gasteiger charge is -2.15. The van der Waals surface area contributed by atoms with Crippen molar-refractivity contribution in [3.8, 4) is 0 Å². The van der Waals surface area contributed by atoms with Crippen LogP contribution in [0.1, 0.15) is 19.3 Å². The molecule has 4 nitrogen and oxygen atoms in total. The van der Waals surface area contributed by atoms with Gasteiger partial charge < -0.3 is 10.4 Å². The molecule has 0 atom stereocenters. The second kappa shape index (κ2) is 3.82. The van der Waals surface area contributed by atoms with E-state index in [1.807, 2.05) is 0 Å². The minimum Gasteiger partial charge on any atom is -0.396 e. The molecular weight excluding hydrogens is 246 g/mol. The highest BCUT2D eigenvalue weighted by atomic mass is 79.9. The number of nitrogens with zero attached hydrogens (tertiary/aromatic N) is 2. The molecule has 5 heteroatoms. The summed E-state index contributed by atoms with van der Waals surface area (Å²) in [5.41, 5.74) is 0.0581. The van der Waals surface area contributed by atoms with Crippen LogP contribution in [0.4, 0.5) is 5.95 Å². The van der Waals surface area contributed by atoms with Gasteiger partial charge in [0.05, 0.1) is 4.47 Å². The molecule has 0 amide bonds. The van der Waals surface area contributed by atoms with Crippen LogP contribution in [-0.2, 0) is 0 Å². The fourth-order valence-corrected chi connectivity index (χ4v) is 1.62. The van der Waals surface area contributed by atoms with Crippen LogP contribution < -0.4 is 5.32 Å². The first-order valence-corrected chi connectivity index (χ1v) is 5.40. The van der Waals surface area contributed by atoms with Gasteiger partial charge in [0.1, 0.15) is 0 Å². The summed E-state index contributed by atoms with van der Waals surface area (Å²) < 4.78 is 0.870. The van der Waals surface area contributed by atoms with Crippen molar-refractivity contribution in [1.82, 2.24) is 9.97 Å². The minimum absolute atomic E-state index is 0.0581. The molecule has 0 spiro atoms. The fraction of sp³-hybridized carbons (Fsp3) is 0.556. The summed E-state index contributed by atoms with van der Waals surface area (Å²) in [5, 5.41) is 12.1. The van der Waals surface area contributed by atoms with Crippen LogP contribution >= 0.6 is 15.9 Å². The molecule has 1 saturated carbocycles. The molecule has 0 aliphatic heterocycles. The van der Waals surface area contributed by atoms with Crippen LogP contribution in [0.3, 0.4) is 0 Å². The predicted molar refractivity (Wildman–Crippen MR) is 57.0 cm³/mol. The molecule has 1 aliphatic rings. The highest BCUT2D eigenvalue weighted by molar-refractivity contribution is 9.10. The summed E-state index contributed by atoms with van der Waals surface area (Å²) in [6, 6.07) is 0. The van der Waals surface area contributed by atoms with Crippen LogP contribution in [0.5, 0.6) is 0 Å². The largest absolute Gasteiger partial charge is 0.396 e. The quantitative estimate of drug-likeness (QED) is 0.860. The van der Waals surface area contributed by atoms with E-state index in [-0.39, 0.29) is 12.1 Å². The molecule has 1 aliphatic carbocycles. The van der Waals surface area contributed by atoms with E-state index in [0.717, 1.165) is 23.7 Å². The zero-order valence-corrected chi connectivity index (χ0v) is 9.29. The average molecular weight is 258 g/mol. The van der Waals surface area contributed by atoms with Crippen LogP contribution in [0.25, 0.3) is 0 Å². The highest BCUT2D eigenvalue weighted by Crippen LogP contribution is 2.40. The molecule has 1 aromatic rings. The van der Waals surface area contributed by atoms with Crippen LogP contribution in [0.15, 0.2) is 16.9 Å². The molecule has 14 heavy (non-hydrogen) atoms. The normalized spacial score (nSPS) is 17.9. The monoisotopic (exact) mass is 257 g/mol. The maximum atomic E-state index is 8.88. The number of aliphatic hydroxyl groups excluding tert-OH is 1. The zero-order chi connectivity index (χ0) is 10.0. The molecule has 1 aromatic heterocycles. The average Bonchev–Trinajstić information content (AvgIpc) is 2.90. The number of aliphatic hydroxyl groups is 1. The van der Waals surface area contributed by atoms with E-state index in [0.29, 0.717) is 5.95 Å². The maximum Gasteiger partial charge on any atom is 0.223 e. The Morgan fingerprint density at radius 1 is 1.43 bits per heavy atom. The van der Waals surface area contributed by atoms with E-state index in [9.17, 15) is 0 Å². The van der Waals surface area contributed by atoms with E-state index in [1.54, 1.807) is 12.4 Å². The van der Waals surface area contributed by atoms with Gasteiger partial charge in [-0.2, -0.15) is 0 Å². The molecule has 2 N–H and O–H groups in total. The van der Waals surface area contributed by atoms with Crippen LogP contribution in [-0.4, -0.2) is 27.2 Å². The van der Waals surface area contributed by atoms with Gasteiger partial charge in [-0.05, 0) is 35.2 Å². The van der Waals surface area contributed by atoms with Crippen molar-refractivity contribution in [1.29, 1.82) is 0 Å². The van der Waals surface area contributed by atoms with Gasteiger partial charge in [-0.15, -0.1) is 0 Å². The number of halogens is 1. The first kappa shape index (κ1) is 9.86. The fourth-order valence-electron chi connectivity index (χ4n) is 1.42. The number of aromatic nitrogens is 2. The van der Waals surface area contributed by atoms with E-state index in [2.05, 4.69) is 31.2 Å². The van der Waals surface area contributed by atoms with E-state index < -0.39 is 0 Å². The number of hydrogen-bond acceptors (Lipinski definition) is 4. The topological polar surface area (TPSA) is 58.0 Å². The number of hydrogen-bond donors (Lipinski definition) is 2. The molecule has 0 radical (unpaired) electrons. The molecule has 1 fully saturated rings. The predicted octanol–water partition coefficient (Wildman–Crippen LogP) is 1.57. The third-order valence-corrected chi connectivity index (χ3v) is 2.85. The first-order valence-electron chi connectivity index (χ1n) is 4.61. The number of rotatable bonds is 4. The molecule has 0 aromatic carbocycles. The lowest BCUT2D eigenvalue weighted by Crippen LogP contribution is -2.23. The SMILES string of the molecule is OCCC1(Nc2ncc(Br)cn2)CC1. The molecule has 76 valence electrons. The van der Waals surface area contributed by atoms with Crippen molar-refractivity contribution < 1.29 is 5.11 Å². The third kappa shape index (κ3) is 2.22. The Kier molecular flexibility index (Phi) is 2.69. The molecular formula is C9H12BrN3O. The first-order chi connectivity index (χ1) is 6.74. The van der Waals surface area contributed by atoms with Crippen LogP contribution in [0.2, 0.25) is 0 Å². The van der Waals surface area contributed by atoms with Gasteiger partial charge in [-0.1, -0.05) is 0 Å². The molecule has 0 saturated heterocycles. The van der Waals surface area contributed by atoms with E-state index in [4.69, 9.17) is 5.11 Å².